The Morgan fingerprint density at radius 1 is 1.35 bits per heavy atom. The van der Waals surface area contributed by atoms with E-state index in [0.29, 0.717) is 17.4 Å². The fourth-order valence-electron chi connectivity index (χ4n) is 3.37. The van der Waals surface area contributed by atoms with Crippen LogP contribution in [-0.2, 0) is 0 Å². The number of nitrogens with two attached hydrogens (primary N) is 1. The average molecular weight is 394 g/mol. The number of rotatable bonds is 6. The molecule has 1 atom stereocenters. The van der Waals surface area contributed by atoms with Crippen LogP contribution in [0.25, 0.3) is 0 Å². The number of nitrogens with zero attached hydrogens (tertiary/aromatic N) is 2. The highest BCUT2D eigenvalue weighted by atomic mass is 127. The highest BCUT2D eigenvalue weighted by Crippen LogP contribution is 2.43. The second-order valence-electron chi connectivity index (χ2n) is 6.21. The summed E-state index contributed by atoms with van der Waals surface area (Å²) in [6.45, 7) is 8.74. The first-order valence-electron chi connectivity index (χ1n) is 7.97. The third-order valence-corrected chi connectivity index (χ3v) is 5.17. The van der Waals surface area contributed by atoms with Crippen LogP contribution in [0.2, 0.25) is 0 Å². The summed E-state index contributed by atoms with van der Waals surface area (Å²) in [6, 6.07) is 0.641. The van der Waals surface area contributed by atoms with E-state index >= 15 is 0 Å². The van der Waals surface area contributed by atoms with Crippen molar-refractivity contribution in [2.75, 3.05) is 26.2 Å². The maximum Gasteiger partial charge on any atom is 0.188 e. The Balaban J connectivity index is 0.00000200. The Morgan fingerprint density at radius 3 is 2.65 bits per heavy atom. The van der Waals surface area contributed by atoms with Crippen molar-refractivity contribution in [3.05, 3.63) is 0 Å². The molecule has 0 aromatic heterocycles. The lowest BCUT2D eigenvalue weighted by atomic mass is 9.67. The zero-order chi connectivity index (χ0) is 13.7. The van der Waals surface area contributed by atoms with Gasteiger partial charge in [-0.1, -0.05) is 20.3 Å². The molecule has 1 saturated carbocycles. The fraction of sp³-hybridized carbons (Fsp3) is 0.933. The van der Waals surface area contributed by atoms with E-state index in [2.05, 4.69) is 29.1 Å². The first kappa shape index (κ1) is 18.0. The SMILES string of the molecule is CCN1CCCC1CNC(N)=NCC1(CC)CCC1.I. The molecule has 3 N–H and O–H groups in total. The van der Waals surface area contributed by atoms with Gasteiger partial charge in [-0.15, -0.1) is 24.0 Å². The van der Waals surface area contributed by atoms with Gasteiger partial charge in [0.1, 0.15) is 0 Å². The number of likely N-dealkylation sites (N-methyl/N-ethyl adjacent to an activating group) is 1. The van der Waals surface area contributed by atoms with E-state index in [0.717, 1.165) is 19.6 Å². The summed E-state index contributed by atoms with van der Waals surface area (Å²) in [5, 5.41) is 3.32. The second-order valence-corrected chi connectivity index (χ2v) is 6.21. The molecule has 1 heterocycles. The van der Waals surface area contributed by atoms with Gasteiger partial charge in [-0.25, -0.2) is 0 Å². The number of aliphatic imine (C=N–C) groups is 1. The van der Waals surface area contributed by atoms with Crippen LogP contribution < -0.4 is 11.1 Å². The van der Waals surface area contributed by atoms with Crippen LogP contribution in [0, 0.1) is 5.41 Å². The summed E-state index contributed by atoms with van der Waals surface area (Å²) in [5.74, 6) is 0.641. The number of guanidine groups is 1. The minimum atomic E-state index is 0. The number of hydrogen-bond acceptors (Lipinski definition) is 2. The molecule has 2 rings (SSSR count). The average Bonchev–Trinajstić information content (AvgIpc) is 2.83. The van der Waals surface area contributed by atoms with Gasteiger partial charge < -0.3 is 11.1 Å². The van der Waals surface area contributed by atoms with Crippen molar-refractivity contribution in [3.8, 4) is 0 Å². The van der Waals surface area contributed by atoms with Gasteiger partial charge in [-0.05, 0) is 50.6 Å². The Kier molecular flexibility index (Phi) is 7.58. The summed E-state index contributed by atoms with van der Waals surface area (Å²) >= 11 is 0. The van der Waals surface area contributed by atoms with Gasteiger partial charge in [0.05, 0.1) is 0 Å². The summed E-state index contributed by atoms with van der Waals surface area (Å²) in [5.41, 5.74) is 6.47. The molecule has 1 aliphatic carbocycles. The molecule has 0 aromatic rings. The van der Waals surface area contributed by atoms with Crippen molar-refractivity contribution in [3.63, 3.8) is 0 Å². The molecular weight excluding hydrogens is 363 g/mol. The van der Waals surface area contributed by atoms with Crippen LogP contribution in [0.3, 0.4) is 0 Å². The third-order valence-electron chi connectivity index (χ3n) is 5.17. The third kappa shape index (κ3) is 4.48. The van der Waals surface area contributed by atoms with Gasteiger partial charge >= 0.3 is 0 Å². The van der Waals surface area contributed by atoms with E-state index in [1.807, 2.05) is 0 Å². The Morgan fingerprint density at radius 2 is 2.10 bits per heavy atom. The van der Waals surface area contributed by atoms with Crippen molar-refractivity contribution in [1.29, 1.82) is 0 Å². The highest BCUT2D eigenvalue weighted by molar-refractivity contribution is 14.0. The molecular formula is C15H31IN4. The molecule has 0 bridgehead atoms. The van der Waals surface area contributed by atoms with Gasteiger partial charge in [0.15, 0.2) is 5.96 Å². The van der Waals surface area contributed by atoms with Crippen molar-refractivity contribution in [1.82, 2.24) is 10.2 Å². The summed E-state index contributed by atoms with van der Waals surface area (Å²) in [7, 11) is 0. The molecule has 5 heteroatoms. The molecule has 0 aromatic carbocycles. The monoisotopic (exact) mass is 394 g/mol. The molecule has 1 unspecified atom stereocenters. The van der Waals surface area contributed by atoms with Crippen LogP contribution in [0.15, 0.2) is 4.99 Å². The molecule has 0 amide bonds. The highest BCUT2D eigenvalue weighted by Gasteiger charge is 2.34. The number of halogens is 1. The van der Waals surface area contributed by atoms with Crippen molar-refractivity contribution < 1.29 is 0 Å². The lowest BCUT2D eigenvalue weighted by molar-refractivity contribution is 0.139. The summed E-state index contributed by atoms with van der Waals surface area (Å²) < 4.78 is 0. The molecule has 2 fully saturated rings. The van der Waals surface area contributed by atoms with Gasteiger partial charge in [-0.3, -0.25) is 9.89 Å². The van der Waals surface area contributed by atoms with Crippen molar-refractivity contribution in [2.24, 2.45) is 16.1 Å². The maximum absolute atomic E-state index is 6.00. The minimum absolute atomic E-state index is 0. The molecule has 1 aliphatic heterocycles. The van der Waals surface area contributed by atoms with Crippen molar-refractivity contribution >= 4 is 29.9 Å². The molecule has 118 valence electrons. The zero-order valence-electron chi connectivity index (χ0n) is 13.0. The van der Waals surface area contributed by atoms with E-state index in [1.165, 1.54) is 45.1 Å². The first-order valence-corrected chi connectivity index (χ1v) is 7.97. The van der Waals surface area contributed by atoms with Gasteiger partial charge in [-0.2, -0.15) is 0 Å². The summed E-state index contributed by atoms with van der Waals surface area (Å²) in [4.78, 5) is 7.09. The van der Waals surface area contributed by atoms with Crippen LogP contribution in [-0.4, -0.2) is 43.1 Å². The van der Waals surface area contributed by atoms with Crippen LogP contribution in [0.1, 0.15) is 52.4 Å². The minimum Gasteiger partial charge on any atom is -0.370 e. The molecule has 20 heavy (non-hydrogen) atoms. The normalized spacial score (nSPS) is 25.9. The molecule has 1 saturated heterocycles. The Bertz CT molecular complexity index is 309. The lowest BCUT2D eigenvalue weighted by Crippen LogP contribution is -2.43. The topological polar surface area (TPSA) is 53.6 Å². The number of nitrogens with one attached hydrogen (secondary N) is 1. The van der Waals surface area contributed by atoms with Crippen LogP contribution >= 0.6 is 24.0 Å². The fourth-order valence-corrected chi connectivity index (χ4v) is 3.37. The standard InChI is InChI=1S/C15H30N4.HI/c1-3-15(8-6-9-15)12-18-14(16)17-11-13-7-5-10-19(13)4-2;/h13H,3-12H2,1-2H3,(H3,16,17,18);1H. The smallest absolute Gasteiger partial charge is 0.188 e. The molecule has 4 nitrogen and oxygen atoms in total. The van der Waals surface area contributed by atoms with Gasteiger partial charge in [0.2, 0.25) is 0 Å². The van der Waals surface area contributed by atoms with E-state index in [1.54, 1.807) is 0 Å². The molecule has 0 radical (unpaired) electrons. The van der Waals surface area contributed by atoms with E-state index in [9.17, 15) is 0 Å². The van der Waals surface area contributed by atoms with Crippen LogP contribution in [0.4, 0.5) is 0 Å². The quantitative estimate of drug-likeness (QED) is 0.414. The van der Waals surface area contributed by atoms with Gasteiger partial charge in [0, 0.05) is 19.1 Å². The summed E-state index contributed by atoms with van der Waals surface area (Å²) in [6.07, 6.45) is 7.85. The predicted octanol–water partition coefficient (Wildman–Crippen LogP) is 2.57. The van der Waals surface area contributed by atoms with E-state index in [-0.39, 0.29) is 24.0 Å². The van der Waals surface area contributed by atoms with Gasteiger partial charge in [0.25, 0.3) is 0 Å². The molecule has 0 spiro atoms. The lowest BCUT2D eigenvalue weighted by Gasteiger charge is -2.40. The first-order chi connectivity index (χ1) is 9.19. The van der Waals surface area contributed by atoms with E-state index in [4.69, 9.17) is 5.73 Å². The van der Waals surface area contributed by atoms with E-state index < -0.39 is 0 Å². The number of likely N-dealkylation sites (tertiary alicyclic amines) is 1. The molecule has 2 aliphatic rings. The maximum atomic E-state index is 6.00. The number of hydrogen-bond donors (Lipinski definition) is 2. The predicted molar refractivity (Wildman–Crippen MR) is 96.8 cm³/mol. The van der Waals surface area contributed by atoms with Crippen LogP contribution in [0.5, 0.6) is 0 Å². The Hall–Kier alpha value is -0.0400. The largest absolute Gasteiger partial charge is 0.370 e. The Labute approximate surface area is 141 Å². The zero-order valence-corrected chi connectivity index (χ0v) is 15.4. The van der Waals surface area contributed by atoms with Crippen molar-refractivity contribution in [2.45, 2.75) is 58.4 Å². The second kappa shape index (κ2) is 8.41.